The molecule has 3 fully saturated rings. The summed E-state index contributed by atoms with van der Waals surface area (Å²) in [4.78, 5) is 15.0. The van der Waals surface area contributed by atoms with E-state index < -0.39 is 8.32 Å². The van der Waals surface area contributed by atoms with E-state index in [2.05, 4.69) is 33.9 Å². The molecule has 3 aliphatic rings. The van der Waals surface area contributed by atoms with E-state index in [0.29, 0.717) is 47.8 Å². The largest absolute Gasteiger partial charge is 0.456 e. The molecule has 0 bridgehead atoms. The minimum absolute atomic E-state index is 0.0879. The summed E-state index contributed by atoms with van der Waals surface area (Å²) in [5.74, 6) is 0.402. The second-order valence-electron chi connectivity index (χ2n) is 14.1. The van der Waals surface area contributed by atoms with E-state index in [9.17, 15) is 0 Å². The fraction of sp³-hybridized carbons (Fsp3) is 0.472. The van der Waals surface area contributed by atoms with Crippen molar-refractivity contribution in [2.75, 3.05) is 19.8 Å². The van der Waals surface area contributed by atoms with Crippen molar-refractivity contribution in [3.05, 3.63) is 82.9 Å². The molecule has 5 atom stereocenters. The minimum Gasteiger partial charge on any atom is -0.456 e. The highest BCUT2D eigenvalue weighted by Crippen LogP contribution is 2.41. The molecule has 3 aliphatic heterocycles. The predicted octanol–water partition coefficient (Wildman–Crippen LogP) is 7.89. The van der Waals surface area contributed by atoms with Gasteiger partial charge in [0.25, 0.3) is 0 Å². The molecule has 0 amide bonds. The summed E-state index contributed by atoms with van der Waals surface area (Å²) in [5.41, 5.74) is 3.93. The van der Waals surface area contributed by atoms with Gasteiger partial charge in [0.2, 0.25) is 0 Å². The summed E-state index contributed by atoms with van der Waals surface area (Å²) in [6, 6.07) is 22.3. The van der Waals surface area contributed by atoms with Crippen molar-refractivity contribution in [1.29, 1.82) is 0 Å². The second kappa shape index (κ2) is 13.1. The molecule has 11 heteroatoms. The van der Waals surface area contributed by atoms with Gasteiger partial charge in [0.05, 0.1) is 30.1 Å². The molecule has 2 unspecified atom stereocenters. The highest BCUT2D eigenvalue weighted by Gasteiger charge is 2.52. The third kappa shape index (κ3) is 6.51. The number of aromatic nitrogens is 3. The van der Waals surface area contributed by atoms with Crippen LogP contribution in [-0.4, -0.2) is 72.8 Å². The lowest BCUT2D eigenvalue weighted by atomic mass is 10.0. The number of hydrogen-bond acceptors (Lipinski definition) is 8. The zero-order chi connectivity index (χ0) is 32.8. The van der Waals surface area contributed by atoms with Crippen molar-refractivity contribution in [3.8, 4) is 6.01 Å². The highest BCUT2D eigenvalue weighted by atomic mass is 35.5. The van der Waals surface area contributed by atoms with Crippen LogP contribution >= 0.6 is 11.6 Å². The van der Waals surface area contributed by atoms with Crippen molar-refractivity contribution < 1.29 is 23.4 Å². The van der Waals surface area contributed by atoms with Crippen molar-refractivity contribution >= 4 is 42.6 Å². The number of imidazole rings is 1. The number of nitrogens with zero attached hydrogens (tertiary/aromatic N) is 4. The first-order valence-electron chi connectivity index (χ1n) is 16.6. The van der Waals surface area contributed by atoms with Crippen LogP contribution in [0.1, 0.15) is 57.4 Å². The summed E-state index contributed by atoms with van der Waals surface area (Å²) in [6.45, 7) is 12.8. The molecule has 9 nitrogen and oxygen atoms in total. The predicted molar refractivity (Wildman–Crippen MR) is 186 cm³/mol. The first-order valence-corrected chi connectivity index (χ1v) is 19.8. The maximum absolute atomic E-state index is 6.87. The van der Waals surface area contributed by atoms with Crippen molar-refractivity contribution in [3.63, 3.8) is 0 Å². The summed E-state index contributed by atoms with van der Waals surface area (Å²) in [7, 11) is -2.01. The Morgan fingerprint density at radius 1 is 0.894 bits per heavy atom. The van der Waals surface area contributed by atoms with E-state index in [-0.39, 0.29) is 35.7 Å². The normalized spacial score (nSPS) is 24.8. The van der Waals surface area contributed by atoms with Crippen LogP contribution in [0.25, 0.3) is 11.2 Å². The monoisotopic (exact) mass is 674 g/mol. The molecule has 0 saturated carbocycles. The number of halogens is 1. The molecule has 47 heavy (non-hydrogen) atoms. The van der Waals surface area contributed by atoms with Gasteiger partial charge < -0.3 is 23.4 Å². The lowest BCUT2D eigenvalue weighted by molar-refractivity contribution is -0.0406. The molecular formula is C36H43ClN4O5Si. The molecule has 3 saturated heterocycles. The number of aliphatic imine (C=N–C) groups is 1. The number of rotatable bonds is 8. The molecule has 4 aromatic rings. The van der Waals surface area contributed by atoms with Gasteiger partial charge in [-0.25, -0.2) is 9.98 Å². The van der Waals surface area contributed by atoms with E-state index in [0.717, 1.165) is 36.1 Å². The quantitative estimate of drug-likeness (QED) is 0.139. The summed E-state index contributed by atoms with van der Waals surface area (Å²) < 4.78 is 34.2. The maximum atomic E-state index is 6.87. The third-order valence-corrected chi connectivity index (χ3v) is 14.6. The van der Waals surface area contributed by atoms with Gasteiger partial charge in [-0.05, 0) is 43.5 Å². The molecule has 0 radical (unpaired) electrons. The average molecular weight is 675 g/mol. The number of ether oxygens (including phenoxy) is 4. The van der Waals surface area contributed by atoms with Crippen LogP contribution in [0.2, 0.25) is 23.2 Å². The standard InChI is InChI=1S/C36H43ClN4O5Si/c1-36(2,3)47(4,5)46-28-22-44-31-27(21-43-32(28)31)45-35-38-26-20-25(37)33(40-34(26)41(35)29-18-12-13-19-42-29)39-30(23-14-8-6-9-15-23)24-16-10-7-11-17-24/h6-11,14-17,20,27-29,31-32H,12-13,18-19,21-22H2,1-5H3/t27-,28?,29?,31-,32-/m1/s1. The number of benzene rings is 2. The van der Waals surface area contributed by atoms with Crippen molar-refractivity contribution in [2.24, 2.45) is 4.99 Å². The molecule has 7 rings (SSSR count). The minimum atomic E-state index is -2.01. The summed E-state index contributed by atoms with van der Waals surface area (Å²) in [5, 5.41) is 0.488. The van der Waals surface area contributed by atoms with E-state index >= 15 is 0 Å². The van der Waals surface area contributed by atoms with Crippen LogP contribution in [0.4, 0.5) is 5.82 Å². The maximum Gasteiger partial charge on any atom is 0.301 e. The summed E-state index contributed by atoms with van der Waals surface area (Å²) >= 11 is 6.87. The van der Waals surface area contributed by atoms with Crippen LogP contribution in [-0.2, 0) is 18.6 Å². The van der Waals surface area contributed by atoms with Gasteiger partial charge in [-0.15, -0.1) is 0 Å². The van der Waals surface area contributed by atoms with Crippen LogP contribution < -0.4 is 4.74 Å². The van der Waals surface area contributed by atoms with Crippen LogP contribution in [0.5, 0.6) is 6.01 Å². The number of fused-ring (bicyclic) bond motifs is 2. The zero-order valence-electron chi connectivity index (χ0n) is 27.7. The van der Waals surface area contributed by atoms with Gasteiger partial charge in [-0.1, -0.05) is 93.0 Å². The smallest absolute Gasteiger partial charge is 0.301 e. The molecule has 0 spiro atoms. The molecular weight excluding hydrogens is 632 g/mol. The Bertz CT molecular complexity index is 1700. The molecule has 2 aromatic carbocycles. The fourth-order valence-electron chi connectivity index (χ4n) is 6.23. The number of pyridine rings is 1. The van der Waals surface area contributed by atoms with Gasteiger partial charge in [-0.3, -0.25) is 4.57 Å². The Hall–Kier alpha value is -3.12. The third-order valence-electron chi connectivity index (χ3n) is 9.80. The Morgan fingerprint density at radius 3 is 2.15 bits per heavy atom. The highest BCUT2D eigenvalue weighted by molar-refractivity contribution is 6.74. The van der Waals surface area contributed by atoms with E-state index in [1.807, 2.05) is 71.3 Å². The molecule has 248 valence electrons. The van der Waals surface area contributed by atoms with Gasteiger partial charge in [0.15, 0.2) is 25.9 Å². The van der Waals surface area contributed by atoms with Crippen LogP contribution in [0.3, 0.4) is 0 Å². The van der Waals surface area contributed by atoms with E-state index in [1.54, 1.807) is 0 Å². The Balaban J connectivity index is 1.23. The van der Waals surface area contributed by atoms with Crippen molar-refractivity contribution in [2.45, 2.75) is 88.8 Å². The van der Waals surface area contributed by atoms with E-state index in [1.165, 1.54) is 0 Å². The molecule has 0 aliphatic carbocycles. The first-order chi connectivity index (χ1) is 22.6. The Labute approximate surface area is 282 Å². The van der Waals surface area contributed by atoms with Gasteiger partial charge in [0.1, 0.15) is 24.0 Å². The van der Waals surface area contributed by atoms with Gasteiger partial charge in [-0.2, -0.15) is 4.98 Å². The summed E-state index contributed by atoms with van der Waals surface area (Å²) in [6.07, 6.45) is 1.63. The lowest BCUT2D eigenvalue weighted by Gasteiger charge is -2.39. The topological polar surface area (TPSA) is 89.2 Å². The Kier molecular flexibility index (Phi) is 9.01. The lowest BCUT2D eigenvalue weighted by Crippen LogP contribution is -2.47. The van der Waals surface area contributed by atoms with Gasteiger partial charge in [0, 0.05) is 17.7 Å². The zero-order valence-corrected chi connectivity index (χ0v) is 29.4. The number of hydrogen-bond donors (Lipinski definition) is 0. The van der Waals surface area contributed by atoms with Crippen LogP contribution in [0, 0.1) is 0 Å². The molecule has 5 heterocycles. The second-order valence-corrected chi connectivity index (χ2v) is 19.2. The van der Waals surface area contributed by atoms with Gasteiger partial charge >= 0.3 is 6.01 Å². The molecule has 2 aromatic heterocycles. The fourth-order valence-corrected chi connectivity index (χ4v) is 7.73. The van der Waals surface area contributed by atoms with Crippen molar-refractivity contribution in [1.82, 2.24) is 14.5 Å². The SMILES string of the molecule is CC(C)(C)[Si](C)(C)OC1CO[C@H]2[C@@H]1OC[C@H]2Oc1nc2cc(Cl)c(N=C(c3ccccc3)c3ccccc3)nc2n1C1CCCCO1. The first kappa shape index (κ1) is 32.4. The molecule has 0 N–H and O–H groups in total. The van der Waals surface area contributed by atoms with Crippen LogP contribution in [0.15, 0.2) is 71.7 Å². The average Bonchev–Trinajstić information content (AvgIpc) is 3.75. The van der Waals surface area contributed by atoms with E-state index in [4.69, 9.17) is 49.9 Å². The Morgan fingerprint density at radius 2 is 1.53 bits per heavy atom.